The number of amides is 1. The number of nitrogens with zero attached hydrogens (tertiary/aromatic N) is 2. The minimum atomic E-state index is -0.146. The van der Waals surface area contributed by atoms with Crippen LogP contribution >= 0.6 is 11.3 Å². The third-order valence-corrected chi connectivity index (χ3v) is 7.14. The van der Waals surface area contributed by atoms with Gasteiger partial charge >= 0.3 is 0 Å². The first-order valence-corrected chi connectivity index (χ1v) is 12.0. The maximum Gasteiger partial charge on any atom is 0.263 e. The summed E-state index contributed by atoms with van der Waals surface area (Å²) in [7, 11) is 3.26. The molecule has 0 N–H and O–H groups in total. The van der Waals surface area contributed by atoms with Gasteiger partial charge in [0.05, 0.1) is 29.5 Å². The SMILES string of the molecule is COCCN(CC1CC1)C(=O)c1cc(-c2ccc(OC)cc2)c(=O)n2ccc3ccsc3c12. The fourth-order valence-electron chi connectivity index (χ4n) is 4.21. The molecule has 1 fully saturated rings. The average molecular weight is 463 g/mol. The third-order valence-electron chi connectivity index (χ3n) is 6.21. The Balaban J connectivity index is 1.72. The predicted octanol–water partition coefficient (Wildman–Crippen LogP) is 4.69. The lowest BCUT2D eigenvalue weighted by Crippen LogP contribution is -2.36. The van der Waals surface area contributed by atoms with Crippen molar-refractivity contribution < 1.29 is 14.3 Å². The summed E-state index contributed by atoms with van der Waals surface area (Å²) >= 11 is 1.55. The molecule has 0 saturated heterocycles. The van der Waals surface area contributed by atoms with Gasteiger partial charge in [0, 0.05) is 32.0 Å². The Kier molecular flexibility index (Phi) is 5.91. The molecule has 0 bridgehead atoms. The van der Waals surface area contributed by atoms with Crippen molar-refractivity contribution in [3.05, 3.63) is 70.0 Å². The topological polar surface area (TPSA) is 60.2 Å². The Morgan fingerprint density at radius 2 is 1.94 bits per heavy atom. The highest BCUT2D eigenvalue weighted by atomic mass is 32.1. The smallest absolute Gasteiger partial charge is 0.263 e. The highest BCUT2D eigenvalue weighted by molar-refractivity contribution is 7.18. The molecule has 0 aliphatic heterocycles. The van der Waals surface area contributed by atoms with Gasteiger partial charge < -0.3 is 14.4 Å². The molecule has 170 valence electrons. The van der Waals surface area contributed by atoms with Crippen LogP contribution in [0.4, 0.5) is 0 Å². The zero-order valence-electron chi connectivity index (χ0n) is 18.7. The molecule has 0 atom stereocenters. The molecule has 33 heavy (non-hydrogen) atoms. The number of hydrogen-bond acceptors (Lipinski definition) is 5. The predicted molar refractivity (Wildman–Crippen MR) is 132 cm³/mol. The molecule has 1 aliphatic rings. The molecule has 3 aromatic heterocycles. The van der Waals surface area contributed by atoms with Crippen LogP contribution in [-0.2, 0) is 4.74 Å². The second-order valence-electron chi connectivity index (χ2n) is 8.43. The second-order valence-corrected chi connectivity index (χ2v) is 9.35. The molecule has 1 saturated carbocycles. The monoisotopic (exact) mass is 462 g/mol. The van der Waals surface area contributed by atoms with E-state index in [-0.39, 0.29) is 11.5 Å². The van der Waals surface area contributed by atoms with Gasteiger partial charge in [0.1, 0.15) is 5.75 Å². The van der Waals surface area contributed by atoms with Gasteiger partial charge in [-0.25, -0.2) is 0 Å². The first kappa shape index (κ1) is 21.7. The van der Waals surface area contributed by atoms with Crippen LogP contribution in [0.15, 0.2) is 58.8 Å². The summed E-state index contributed by atoms with van der Waals surface area (Å²) in [6.45, 7) is 1.71. The van der Waals surface area contributed by atoms with E-state index < -0.39 is 0 Å². The Bertz CT molecular complexity index is 1370. The van der Waals surface area contributed by atoms with E-state index >= 15 is 0 Å². The van der Waals surface area contributed by atoms with Gasteiger partial charge in [0.25, 0.3) is 11.5 Å². The van der Waals surface area contributed by atoms with E-state index in [2.05, 4.69) is 0 Å². The molecule has 4 aromatic rings. The molecule has 1 amide bonds. The molecule has 1 aromatic carbocycles. The van der Waals surface area contributed by atoms with Crippen LogP contribution in [0.3, 0.4) is 0 Å². The minimum absolute atomic E-state index is 0.0629. The van der Waals surface area contributed by atoms with E-state index in [0.29, 0.717) is 48.0 Å². The lowest BCUT2D eigenvalue weighted by Gasteiger charge is -2.24. The Morgan fingerprint density at radius 3 is 2.64 bits per heavy atom. The molecule has 0 unspecified atom stereocenters. The number of ether oxygens (including phenoxy) is 2. The standard InChI is InChI=1S/C26H26N2O4S/c1-31-13-12-27(16-17-3-4-17)25(29)22-15-21(18-5-7-20(32-2)8-6-18)26(30)28-11-9-19-10-14-33-24(19)23(22)28/h5-11,14-15,17H,3-4,12-13,16H2,1-2H3. The number of aromatic nitrogens is 1. The molecular weight excluding hydrogens is 436 g/mol. The maximum atomic E-state index is 13.9. The van der Waals surface area contributed by atoms with E-state index in [9.17, 15) is 9.59 Å². The highest BCUT2D eigenvalue weighted by Gasteiger charge is 2.29. The number of carbonyl (C=O) groups excluding carboxylic acids is 1. The normalized spacial score (nSPS) is 13.5. The van der Waals surface area contributed by atoms with Gasteiger partial charge in [-0.2, -0.15) is 0 Å². The molecule has 0 radical (unpaired) electrons. The molecule has 1 aliphatic carbocycles. The fourth-order valence-corrected chi connectivity index (χ4v) is 5.15. The first-order valence-electron chi connectivity index (χ1n) is 11.1. The summed E-state index contributed by atoms with van der Waals surface area (Å²) in [5.41, 5.74) is 2.32. The minimum Gasteiger partial charge on any atom is -0.497 e. The van der Waals surface area contributed by atoms with Crippen LogP contribution in [0.2, 0.25) is 0 Å². The van der Waals surface area contributed by atoms with Gasteiger partial charge in [-0.3, -0.25) is 14.0 Å². The number of fused-ring (bicyclic) bond motifs is 3. The average Bonchev–Trinajstić information content (AvgIpc) is 3.54. The van der Waals surface area contributed by atoms with Crippen LogP contribution in [0.5, 0.6) is 5.75 Å². The summed E-state index contributed by atoms with van der Waals surface area (Å²) in [5.74, 6) is 1.20. The van der Waals surface area contributed by atoms with Gasteiger partial charge in [0.15, 0.2) is 0 Å². The number of thiophene rings is 1. The van der Waals surface area contributed by atoms with Crippen molar-refractivity contribution in [1.82, 2.24) is 9.30 Å². The number of methoxy groups -OCH3 is 2. The van der Waals surface area contributed by atoms with E-state index in [1.807, 2.05) is 46.7 Å². The van der Waals surface area contributed by atoms with Crippen LogP contribution in [0, 0.1) is 5.92 Å². The number of pyridine rings is 2. The van der Waals surface area contributed by atoms with Crippen molar-refractivity contribution in [2.24, 2.45) is 5.92 Å². The third kappa shape index (κ3) is 4.14. The van der Waals surface area contributed by atoms with Gasteiger partial charge in [0.2, 0.25) is 0 Å². The Labute approximate surface area is 196 Å². The summed E-state index contributed by atoms with van der Waals surface area (Å²) in [5, 5.41) is 3.02. The van der Waals surface area contributed by atoms with Crippen molar-refractivity contribution in [2.75, 3.05) is 33.9 Å². The number of hydrogen-bond donors (Lipinski definition) is 0. The van der Waals surface area contributed by atoms with Crippen molar-refractivity contribution in [2.45, 2.75) is 12.8 Å². The second kappa shape index (κ2) is 9.00. The number of carbonyl (C=O) groups is 1. The number of benzene rings is 1. The lowest BCUT2D eigenvalue weighted by atomic mass is 10.0. The van der Waals surface area contributed by atoms with Crippen LogP contribution in [0.1, 0.15) is 23.2 Å². The largest absolute Gasteiger partial charge is 0.497 e. The maximum absolute atomic E-state index is 13.9. The van der Waals surface area contributed by atoms with Crippen molar-refractivity contribution in [1.29, 1.82) is 0 Å². The zero-order valence-corrected chi connectivity index (χ0v) is 19.6. The summed E-state index contributed by atoms with van der Waals surface area (Å²) in [6, 6.07) is 13.1. The van der Waals surface area contributed by atoms with Gasteiger partial charge in [-0.15, -0.1) is 11.3 Å². The fraction of sp³-hybridized carbons (Fsp3) is 0.308. The first-order chi connectivity index (χ1) is 16.1. The molecule has 0 spiro atoms. The van der Waals surface area contributed by atoms with Gasteiger partial charge in [-0.05, 0) is 65.4 Å². The number of rotatable bonds is 8. The summed E-state index contributed by atoms with van der Waals surface area (Å²) in [4.78, 5) is 29.4. The van der Waals surface area contributed by atoms with Crippen molar-refractivity contribution in [3.8, 4) is 16.9 Å². The van der Waals surface area contributed by atoms with E-state index in [1.165, 1.54) is 0 Å². The molecular formula is C26H26N2O4S. The Morgan fingerprint density at radius 1 is 1.15 bits per heavy atom. The van der Waals surface area contributed by atoms with E-state index in [0.717, 1.165) is 28.5 Å². The Hall–Kier alpha value is -3.16. The van der Waals surface area contributed by atoms with Crippen LogP contribution in [-0.4, -0.2) is 49.1 Å². The van der Waals surface area contributed by atoms with E-state index in [4.69, 9.17) is 9.47 Å². The molecule has 5 rings (SSSR count). The van der Waals surface area contributed by atoms with Crippen molar-refractivity contribution in [3.63, 3.8) is 0 Å². The quantitative estimate of drug-likeness (QED) is 0.381. The van der Waals surface area contributed by atoms with Gasteiger partial charge in [-0.1, -0.05) is 12.1 Å². The highest BCUT2D eigenvalue weighted by Crippen LogP contribution is 2.33. The molecule has 6 nitrogen and oxygen atoms in total. The zero-order chi connectivity index (χ0) is 22.9. The van der Waals surface area contributed by atoms with Crippen LogP contribution in [0.25, 0.3) is 26.7 Å². The lowest BCUT2D eigenvalue weighted by molar-refractivity contribution is 0.0688. The summed E-state index contributed by atoms with van der Waals surface area (Å²) in [6.07, 6.45) is 4.08. The molecule has 3 heterocycles. The van der Waals surface area contributed by atoms with E-state index in [1.54, 1.807) is 42.2 Å². The van der Waals surface area contributed by atoms with Crippen molar-refractivity contribution >= 4 is 32.8 Å². The molecule has 7 heteroatoms. The summed E-state index contributed by atoms with van der Waals surface area (Å²) < 4.78 is 13.1. The van der Waals surface area contributed by atoms with Crippen LogP contribution < -0.4 is 10.3 Å².